The van der Waals surface area contributed by atoms with Gasteiger partial charge in [0.15, 0.2) is 0 Å². The first-order chi connectivity index (χ1) is 7.72. The Morgan fingerprint density at radius 2 is 2.25 bits per heavy atom. The van der Waals surface area contributed by atoms with Gasteiger partial charge in [-0.3, -0.25) is 4.79 Å². The van der Waals surface area contributed by atoms with Gasteiger partial charge < -0.3 is 10.0 Å². The second-order valence-electron chi connectivity index (χ2n) is 3.43. The lowest BCUT2D eigenvalue weighted by atomic mass is 10.3. The number of nitrogens with zero attached hydrogens (tertiary/aromatic N) is 2. The van der Waals surface area contributed by atoms with E-state index in [9.17, 15) is 9.70 Å². The van der Waals surface area contributed by atoms with Gasteiger partial charge in [0, 0.05) is 20.2 Å². The van der Waals surface area contributed by atoms with Gasteiger partial charge in [-0.25, -0.2) is 5.10 Å². The summed E-state index contributed by atoms with van der Waals surface area (Å²) in [5.74, 6) is 0.0243. The molecule has 16 heavy (non-hydrogen) atoms. The zero-order valence-corrected chi connectivity index (χ0v) is 9.23. The number of rotatable bonds is 3. The molecule has 7 heteroatoms. The molecule has 2 rings (SSSR count). The molecule has 1 aliphatic rings. The van der Waals surface area contributed by atoms with Gasteiger partial charge in [0.2, 0.25) is 5.18 Å². The Labute approximate surface area is 92.4 Å². The highest BCUT2D eigenvalue weighted by Gasteiger charge is 2.31. The van der Waals surface area contributed by atoms with E-state index in [2.05, 4.69) is 15.4 Å². The first-order valence-corrected chi connectivity index (χ1v) is 4.88. The Kier molecular flexibility index (Phi) is 4.12. The molecule has 7 nitrogen and oxygen atoms in total. The fourth-order valence-electron chi connectivity index (χ4n) is 1.32. The van der Waals surface area contributed by atoms with E-state index in [1.165, 1.54) is 6.07 Å². The van der Waals surface area contributed by atoms with Gasteiger partial charge in [-0.2, -0.15) is 5.10 Å². The molecule has 3 N–H and O–H groups in total. The molecular formula is C9H15N4O3+. The number of aromatic amines is 2. The molecule has 1 saturated carbocycles. The maximum absolute atomic E-state index is 11.7. The Morgan fingerprint density at radius 1 is 1.62 bits per heavy atom. The summed E-state index contributed by atoms with van der Waals surface area (Å²) in [6.45, 7) is 0. The van der Waals surface area contributed by atoms with Crippen LogP contribution in [0.15, 0.2) is 11.2 Å². The van der Waals surface area contributed by atoms with E-state index >= 15 is 0 Å². The van der Waals surface area contributed by atoms with Crippen molar-refractivity contribution in [1.29, 1.82) is 0 Å². The fourth-order valence-corrected chi connectivity index (χ4v) is 1.32. The molecule has 0 aromatic carbocycles. The van der Waals surface area contributed by atoms with Crippen molar-refractivity contribution in [3.63, 3.8) is 0 Å². The highest BCUT2D eigenvalue weighted by Crippen LogP contribution is 2.26. The monoisotopic (exact) mass is 227 g/mol. The molecule has 0 aliphatic heterocycles. The maximum atomic E-state index is 11.7. The van der Waals surface area contributed by atoms with Crippen LogP contribution in [-0.4, -0.2) is 41.2 Å². The standard InChI is InChI=1S/C8H10N4O2.CH4O/c1-12(5-2-3-5)8(13)6-4-7(11-14)10-9-6;1-2/h4-5H,2-3H2,1H3,(H,9,10);2H,1H3/p+1. The number of nitrogens with one attached hydrogen (secondary N) is 2. The van der Waals surface area contributed by atoms with Crippen molar-refractivity contribution < 1.29 is 15.0 Å². The van der Waals surface area contributed by atoms with Gasteiger partial charge in [-0.05, 0) is 17.7 Å². The summed E-state index contributed by atoms with van der Waals surface area (Å²) in [5.41, 5.74) is 0.369. The van der Waals surface area contributed by atoms with Gasteiger partial charge in [0.25, 0.3) is 5.91 Å². The zero-order chi connectivity index (χ0) is 12.1. The van der Waals surface area contributed by atoms with Crippen LogP contribution in [0, 0.1) is 4.91 Å². The van der Waals surface area contributed by atoms with Crippen LogP contribution >= 0.6 is 0 Å². The van der Waals surface area contributed by atoms with Crippen LogP contribution in [0.4, 0.5) is 5.82 Å². The molecule has 0 atom stereocenters. The number of hydrogen-bond donors (Lipinski definition) is 2. The number of aliphatic hydroxyl groups excluding tert-OH is 1. The van der Waals surface area contributed by atoms with Crippen molar-refractivity contribution in [2.24, 2.45) is 5.18 Å². The highest BCUT2D eigenvalue weighted by atomic mass is 16.3. The number of aromatic nitrogens is 2. The van der Waals surface area contributed by atoms with Crippen molar-refractivity contribution in [2.75, 3.05) is 14.2 Å². The molecule has 1 heterocycles. The number of nitroso groups, excluding NO2 is 1. The van der Waals surface area contributed by atoms with Gasteiger partial charge in [0.05, 0.1) is 6.07 Å². The van der Waals surface area contributed by atoms with Crippen LogP contribution < -0.4 is 5.10 Å². The number of carbonyl (C=O) groups excluding carboxylic acids is 1. The minimum atomic E-state index is -0.112. The largest absolute Gasteiger partial charge is 0.400 e. The summed E-state index contributed by atoms with van der Waals surface area (Å²) < 4.78 is 0. The summed E-state index contributed by atoms with van der Waals surface area (Å²) in [5, 5.41) is 14.8. The third-order valence-electron chi connectivity index (χ3n) is 2.35. The normalized spacial score (nSPS) is 13.7. The van der Waals surface area contributed by atoms with Gasteiger partial charge in [0.1, 0.15) is 5.69 Å². The summed E-state index contributed by atoms with van der Waals surface area (Å²) >= 11 is 0. The molecule has 1 fully saturated rings. The maximum Gasteiger partial charge on any atom is 0.393 e. The summed E-state index contributed by atoms with van der Waals surface area (Å²) in [4.78, 5) is 23.5. The molecule has 0 spiro atoms. The van der Waals surface area contributed by atoms with E-state index in [0.717, 1.165) is 20.0 Å². The van der Waals surface area contributed by atoms with Crippen LogP contribution in [0.2, 0.25) is 0 Å². The lowest BCUT2D eigenvalue weighted by Gasteiger charge is -2.13. The lowest BCUT2D eigenvalue weighted by Crippen LogP contribution is -2.29. The van der Waals surface area contributed by atoms with Crippen LogP contribution in [0.3, 0.4) is 0 Å². The Balaban J connectivity index is 0.000000606. The minimum Gasteiger partial charge on any atom is -0.400 e. The average Bonchev–Trinajstić information content (AvgIpc) is 3.07. The zero-order valence-electron chi connectivity index (χ0n) is 9.23. The highest BCUT2D eigenvalue weighted by molar-refractivity contribution is 5.92. The molecule has 0 unspecified atom stereocenters. The minimum absolute atomic E-state index is 0.112. The molecule has 1 aromatic rings. The number of carbonyl (C=O) groups is 1. The first kappa shape index (κ1) is 12.3. The van der Waals surface area contributed by atoms with Gasteiger partial charge in [-0.15, -0.1) is 0 Å². The lowest BCUT2D eigenvalue weighted by molar-refractivity contribution is -0.435. The molecule has 0 radical (unpaired) electrons. The average molecular weight is 227 g/mol. The first-order valence-electron chi connectivity index (χ1n) is 4.88. The molecule has 1 amide bonds. The van der Waals surface area contributed by atoms with E-state index in [1.807, 2.05) is 0 Å². The number of H-pyrrole nitrogens is 2. The second-order valence-corrected chi connectivity index (χ2v) is 3.43. The summed E-state index contributed by atoms with van der Waals surface area (Å²) in [7, 11) is 2.76. The van der Waals surface area contributed by atoms with E-state index < -0.39 is 0 Å². The molecule has 1 aliphatic carbocycles. The predicted octanol–water partition coefficient (Wildman–Crippen LogP) is 0.0696. The van der Waals surface area contributed by atoms with Crippen molar-refractivity contribution in [3.05, 3.63) is 16.7 Å². The van der Waals surface area contributed by atoms with E-state index in [-0.39, 0.29) is 11.7 Å². The SMILES string of the molecule is CN(C(=O)c1cc(N=O)[nH+][nH]1)C1CC1.CO. The summed E-state index contributed by atoms with van der Waals surface area (Å²) in [6.07, 6.45) is 2.12. The van der Waals surface area contributed by atoms with Crippen molar-refractivity contribution in [1.82, 2.24) is 10.00 Å². The smallest absolute Gasteiger partial charge is 0.393 e. The Hall–Kier alpha value is -1.76. The Morgan fingerprint density at radius 3 is 2.69 bits per heavy atom. The van der Waals surface area contributed by atoms with E-state index in [1.54, 1.807) is 11.9 Å². The van der Waals surface area contributed by atoms with Crippen LogP contribution in [0.5, 0.6) is 0 Å². The second kappa shape index (κ2) is 5.36. The van der Waals surface area contributed by atoms with Crippen LogP contribution in [-0.2, 0) is 0 Å². The molecule has 1 aromatic heterocycles. The molecule has 88 valence electrons. The third kappa shape index (κ3) is 2.63. The quantitative estimate of drug-likeness (QED) is 0.714. The van der Waals surface area contributed by atoms with Gasteiger partial charge in [-0.1, -0.05) is 0 Å². The molecule has 0 bridgehead atoms. The molecule has 0 saturated heterocycles. The van der Waals surface area contributed by atoms with Crippen molar-refractivity contribution >= 4 is 11.7 Å². The summed E-state index contributed by atoms with van der Waals surface area (Å²) in [6, 6.07) is 1.77. The van der Waals surface area contributed by atoms with Crippen molar-refractivity contribution in [3.8, 4) is 0 Å². The topological polar surface area (TPSA) is 99.9 Å². The van der Waals surface area contributed by atoms with E-state index in [4.69, 9.17) is 5.11 Å². The molecular weight excluding hydrogens is 212 g/mol. The van der Waals surface area contributed by atoms with Crippen molar-refractivity contribution in [2.45, 2.75) is 18.9 Å². The van der Waals surface area contributed by atoms with E-state index in [0.29, 0.717) is 11.7 Å². The number of aliphatic hydroxyl groups is 1. The van der Waals surface area contributed by atoms with Crippen LogP contribution in [0.1, 0.15) is 23.3 Å². The predicted molar refractivity (Wildman–Crippen MR) is 56.1 cm³/mol. The number of amides is 1. The van der Waals surface area contributed by atoms with Crippen LogP contribution in [0.25, 0.3) is 0 Å². The Bertz CT molecular complexity index is 373. The third-order valence-corrected chi connectivity index (χ3v) is 2.35. The number of hydrogen-bond acceptors (Lipinski definition) is 4. The van der Waals surface area contributed by atoms with Gasteiger partial charge >= 0.3 is 5.82 Å². The fraction of sp³-hybridized carbons (Fsp3) is 0.556.